The summed E-state index contributed by atoms with van der Waals surface area (Å²) in [4.78, 5) is 26.1. The van der Waals surface area contributed by atoms with Gasteiger partial charge in [0.05, 0.1) is 19.2 Å². The number of rotatable bonds is 2. The zero-order valence-corrected chi connectivity index (χ0v) is 12.9. The first-order valence-corrected chi connectivity index (χ1v) is 7.19. The summed E-state index contributed by atoms with van der Waals surface area (Å²) in [5.74, 6) is 0.0645. The quantitative estimate of drug-likeness (QED) is 0.785. The monoisotopic (exact) mass is 345 g/mol. The summed E-state index contributed by atoms with van der Waals surface area (Å²) in [6.45, 7) is 0. The Morgan fingerprint density at radius 3 is 2.48 bits per heavy atom. The molecule has 0 saturated carbocycles. The summed E-state index contributed by atoms with van der Waals surface area (Å²) in [6, 6.07) is 12.3. The molecule has 0 aliphatic carbocycles. The topological polar surface area (TPSA) is 46.6 Å². The summed E-state index contributed by atoms with van der Waals surface area (Å²) in [5.41, 5.74) is 1.82. The molecule has 0 radical (unpaired) electrons. The van der Waals surface area contributed by atoms with Crippen LogP contribution in [0, 0.1) is 0 Å². The lowest BCUT2D eigenvalue weighted by molar-refractivity contribution is -0.117. The Bertz CT molecular complexity index is 725. The first-order valence-electron chi connectivity index (χ1n) is 6.40. The van der Waals surface area contributed by atoms with Crippen molar-refractivity contribution in [2.45, 2.75) is 6.42 Å². The van der Waals surface area contributed by atoms with E-state index in [1.807, 2.05) is 0 Å². The minimum atomic E-state index is -0.317. The minimum Gasteiger partial charge on any atom is -0.497 e. The van der Waals surface area contributed by atoms with Crippen LogP contribution in [-0.4, -0.2) is 18.9 Å². The van der Waals surface area contributed by atoms with Crippen molar-refractivity contribution < 1.29 is 14.3 Å². The van der Waals surface area contributed by atoms with Gasteiger partial charge in [-0.2, -0.15) is 0 Å². The van der Waals surface area contributed by atoms with Gasteiger partial charge in [-0.3, -0.25) is 9.59 Å². The maximum Gasteiger partial charge on any atom is 0.265 e. The van der Waals surface area contributed by atoms with E-state index in [0.717, 1.165) is 10.0 Å². The molecule has 0 bridgehead atoms. The van der Waals surface area contributed by atoms with E-state index in [9.17, 15) is 9.59 Å². The second-order valence-corrected chi connectivity index (χ2v) is 5.63. The molecule has 0 N–H and O–H groups in total. The largest absolute Gasteiger partial charge is 0.497 e. The van der Waals surface area contributed by atoms with E-state index in [1.54, 1.807) is 49.6 Å². The second kappa shape index (κ2) is 5.33. The average molecular weight is 346 g/mol. The summed E-state index contributed by atoms with van der Waals surface area (Å²) in [7, 11) is 1.55. The Morgan fingerprint density at radius 1 is 1.10 bits per heavy atom. The Kier molecular flexibility index (Phi) is 3.51. The van der Waals surface area contributed by atoms with Gasteiger partial charge in [0.1, 0.15) is 5.75 Å². The highest BCUT2D eigenvalue weighted by Gasteiger charge is 2.32. The molecule has 0 saturated heterocycles. The molecular formula is C16H12BrNO3. The molecule has 0 atom stereocenters. The van der Waals surface area contributed by atoms with Gasteiger partial charge in [-0.1, -0.05) is 22.0 Å². The zero-order valence-electron chi connectivity index (χ0n) is 11.3. The van der Waals surface area contributed by atoms with Crippen LogP contribution in [0.1, 0.15) is 15.9 Å². The molecule has 1 aliphatic rings. The van der Waals surface area contributed by atoms with Crippen molar-refractivity contribution in [3.8, 4) is 5.75 Å². The van der Waals surface area contributed by atoms with Crippen LogP contribution in [0.25, 0.3) is 0 Å². The van der Waals surface area contributed by atoms with E-state index < -0.39 is 0 Å². The Labute approximate surface area is 130 Å². The number of hydrogen-bond acceptors (Lipinski definition) is 3. The first kappa shape index (κ1) is 13.8. The van der Waals surface area contributed by atoms with Crippen LogP contribution >= 0.6 is 15.9 Å². The van der Waals surface area contributed by atoms with Crippen molar-refractivity contribution in [1.29, 1.82) is 0 Å². The van der Waals surface area contributed by atoms with Crippen molar-refractivity contribution in [1.82, 2.24) is 0 Å². The molecule has 1 aliphatic heterocycles. The number of amides is 2. The number of benzene rings is 2. The fraction of sp³-hybridized carbons (Fsp3) is 0.125. The minimum absolute atomic E-state index is 0.209. The third-order valence-electron chi connectivity index (χ3n) is 3.43. The van der Waals surface area contributed by atoms with Gasteiger partial charge in [-0.05, 0) is 42.0 Å². The number of ether oxygens (including phenoxy) is 1. The lowest BCUT2D eigenvalue weighted by Crippen LogP contribution is -2.42. The molecule has 2 amide bonds. The second-order valence-electron chi connectivity index (χ2n) is 4.71. The number of carbonyl (C=O) groups is 2. The molecule has 2 aromatic carbocycles. The highest BCUT2D eigenvalue weighted by atomic mass is 79.9. The zero-order chi connectivity index (χ0) is 15.0. The molecule has 3 rings (SSSR count). The number of methoxy groups -OCH3 is 1. The van der Waals surface area contributed by atoms with E-state index in [4.69, 9.17) is 4.74 Å². The highest BCUT2D eigenvalue weighted by Crippen LogP contribution is 2.28. The van der Waals surface area contributed by atoms with Crippen molar-refractivity contribution in [3.63, 3.8) is 0 Å². The highest BCUT2D eigenvalue weighted by molar-refractivity contribution is 9.10. The van der Waals surface area contributed by atoms with Crippen LogP contribution in [0.3, 0.4) is 0 Å². The first-order chi connectivity index (χ1) is 10.1. The number of anilines is 1. The molecule has 0 unspecified atom stereocenters. The maximum absolute atomic E-state index is 12.6. The molecule has 0 fully saturated rings. The number of nitrogens with zero attached hydrogens (tertiary/aromatic N) is 1. The molecule has 1 heterocycles. The lowest BCUT2D eigenvalue weighted by atomic mass is 9.97. The maximum atomic E-state index is 12.6. The summed E-state index contributed by atoms with van der Waals surface area (Å²) < 4.78 is 6.04. The fourth-order valence-electron chi connectivity index (χ4n) is 2.36. The van der Waals surface area contributed by atoms with Crippen LogP contribution in [0.5, 0.6) is 5.75 Å². The van der Waals surface area contributed by atoms with E-state index in [0.29, 0.717) is 17.0 Å². The van der Waals surface area contributed by atoms with Gasteiger partial charge in [0.2, 0.25) is 5.91 Å². The number of imide groups is 1. The normalized spacial score (nSPS) is 14.1. The summed E-state index contributed by atoms with van der Waals surface area (Å²) >= 11 is 3.34. The van der Waals surface area contributed by atoms with Gasteiger partial charge in [-0.25, -0.2) is 4.90 Å². The smallest absolute Gasteiger partial charge is 0.265 e. The van der Waals surface area contributed by atoms with E-state index in [2.05, 4.69) is 15.9 Å². The van der Waals surface area contributed by atoms with Crippen molar-refractivity contribution in [3.05, 3.63) is 58.1 Å². The Morgan fingerprint density at radius 2 is 1.81 bits per heavy atom. The Hall–Kier alpha value is -2.14. The van der Waals surface area contributed by atoms with Crippen LogP contribution in [0.2, 0.25) is 0 Å². The third-order valence-corrected chi connectivity index (χ3v) is 3.96. The number of carbonyl (C=O) groups excluding carboxylic acids is 2. The van der Waals surface area contributed by atoms with Gasteiger partial charge >= 0.3 is 0 Å². The standard InChI is InChI=1S/C16H12BrNO3/c1-21-13-7-2-10-8-15(19)18(16(20)14(10)9-13)12-5-3-11(17)4-6-12/h2-7,9H,8H2,1H3. The van der Waals surface area contributed by atoms with Gasteiger partial charge in [0.25, 0.3) is 5.91 Å². The van der Waals surface area contributed by atoms with Crippen LogP contribution in [0.15, 0.2) is 46.9 Å². The SMILES string of the molecule is COc1ccc2c(c1)C(=O)N(c1ccc(Br)cc1)C(=O)C2. The van der Waals surface area contributed by atoms with Crippen molar-refractivity contribution in [2.24, 2.45) is 0 Å². The molecule has 5 heteroatoms. The molecule has 4 nitrogen and oxygen atoms in total. The molecule has 106 valence electrons. The molecular weight excluding hydrogens is 334 g/mol. The van der Waals surface area contributed by atoms with E-state index in [1.165, 1.54) is 4.90 Å². The molecule has 0 spiro atoms. The molecule has 21 heavy (non-hydrogen) atoms. The molecule has 2 aromatic rings. The summed E-state index contributed by atoms with van der Waals surface area (Å²) in [6.07, 6.45) is 0.209. The van der Waals surface area contributed by atoms with Crippen LogP contribution in [0.4, 0.5) is 5.69 Å². The Balaban J connectivity index is 2.05. The lowest BCUT2D eigenvalue weighted by Gasteiger charge is -2.27. The molecule has 0 aromatic heterocycles. The van der Waals surface area contributed by atoms with Gasteiger partial charge in [0, 0.05) is 10.0 Å². The van der Waals surface area contributed by atoms with Gasteiger partial charge < -0.3 is 4.74 Å². The number of fused-ring (bicyclic) bond motifs is 1. The predicted molar refractivity (Wildman–Crippen MR) is 82.7 cm³/mol. The third kappa shape index (κ3) is 2.45. The van der Waals surface area contributed by atoms with E-state index in [-0.39, 0.29) is 18.2 Å². The number of halogens is 1. The average Bonchev–Trinajstić information content (AvgIpc) is 2.49. The van der Waals surface area contributed by atoms with Crippen molar-refractivity contribution >= 4 is 33.4 Å². The van der Waals surface area contributed by atoms with Crippen molar-refractivity contribution in [2.75, 3.05) is 12.0 Å². The number of hydrogen-bond donors (Lipinski definition) is 0. The fourth-order valence-corrected chi connectivity index (χ4v) is 2.63. The predicted octanol–water partition coefficient (Wildman–Crippen LogP) is 3.19. The summed E-state index contributed by atoms with van der Waals surface area (Å²) in [5, 5.41) is 0. The van der Waals surface area contributed by atoms with E-state index >= 15 is 0 Å². The van der Waals surface area contributed by atoms with Gasteiger partial charge in [0.15, 0.2) is 0 Å². The van der Waals surface area contributed by atoms with Gasteiger partial charge in [-0.15, -0.1) is 0 Å². The van der Waals surface area contributed by atoms with Crippen LogP contribution in [-0.2, 0) is 11.2 Å². The van der Waals surface area contributed by atoms with Crippen LogP contribution < -0.4 is 9.64 Å².